The summed E-state index contributed by atoms with van der Waals surface area (Å²) in [7, 11) is 2.14. The average Bonchev–Trinajstić information content (AvgIpc) is 2.68. The van der Waals surface area contributed by atoms with E-state index in [0.29, 0.717) is 12.1 Å². The van der Waals surface area contributed by atoms with E-state index in [2.05, 4.69) is 18.0 Å². The zero-order chi connectivity index (χ0) is 11.5. The second kappa shape index (κ2) is 5.17. The topological polar surface area (TPSA) is 29.3 Å². The minimum atomic E-state index is 0.326. The van der Waals surface area contributed by atoms with Gasteiger partial charge in [-0.3, -0.25) is 4.90 Å². The molecule has 3 heteroatoms. The van der Waals surface area contributed by atoms with Crippen LogP contribution >= 0.6 is 11.6 Å². The number of nitrogens with zero attached hydrogens (tertiary/aromatic N) is 1. The van der Waals surface area contributed by atoms with Gasteiger partial charge in [0.25, 0.3) is 0 Å². The first-order valence-corrected chi connectivity index (χ1v) is 6.25. The van der Waals surface area contributed by atoms with Crippen molar-refractivity contribution in [3.05, 3.63) is 34.9 Å². The van der Waals surface area contributed by atoms with E-state index in [1.807, 2.05) is 18.2 Å². The highest BCUT2D eigenvalue weighted by molar-refractivity contribution is 6.31. The molecule has 1 aromatic rings. The third-order valence-electron chi connectivity index (χ3n) is 3.48. The lowest BCUT2D eigenvalue weighted by Gasteiger charge is -2.27. The SMILES string of the molecule is CN(Cc1ccccc1Cl)C1CCCC1N. The molecule has 0 heterocycles. The van der Waals surface area contributed by atoms with E-state index in [9.17, 15) is 0 Å². The molecule has 1 fully saturated rings. The van der Waals surface area contributed by atoms with Crippen molar-refractivity contribution in [1.82, 2.24) is 4.90 Å². The van der Waals surface area contributed by atoms with E-state index in [1.165, 1.54) is 18.4 Å². The summed E-state index contributed by atoms with van der Waals surface area (Å²) < 4.78 is 0. The third kappa shape index (κ3) is 2.57. The Balaban J connectivity index is 2.02. The molecule has 0 spiro atoms. The van der Waals surface area contributed by atoms with E-state index in [0.717, 1.165) is 18.0 Å². The molecule has 0 amide bonds. The molecule has 2 atom stereocenters. The number of halogens is 1. The van der Waals surface area contributed by atoms with E-state index in [4.69, 9.17) is 17.3 Å². The van der Waals surface area contributed by atoms with E-state index < -0.39 is 0 Å². The first kappa shape index (κ1) is 11.9. The summed E-state index contributed by atoms with van der Waals surface area (Å²) in [5.74, 6) is 0. The van der Waals surface area contributed by atoms with Crippen molar-refractivity contribution in [2.75, 3.05) is 7.05 Å². The number of hydrogen-bond acceptors (Lipinski definition) is 2. The van der Waals surface area contributed by atoms with Gasteiger partial charge in [0, 0.05) is 23.7 Å². The predicted molar refractivity (Wildman–Crippen MR) is 68.5 cm³/mol. The molecule has 0 bridgehead atoms. The maximum Gasteiger partial charge on any atom is 0.0451 e. The molecule has 1 saturated carbocycles. The average molecular weight is 239 g/mol. The molecule has 2 unspecified atom stereocenters. The number of nitrogens with two attached hydrogens (primary N) is 1. The van der Waals surface area contributed by atoms with Gasteiger partial charge >= 0.3 is 0 Å². The van der Waals surface area contributed by atoms with Gasteiger partial charge in [-0.15, -0.1) is 0 Å². The van der Waals surface area contributed by atoms with Crippen molar-refractivity contribution in [2.24, 2.45) is 5.73 Å². The molecular formula is C13H19ClN2. The van der Waals surface area contributed by atoms with Crippen LogP contribution in [-0.4, -0.2) is 24.0 Å². The maximum absolute atomic E-state index is 6.15. The van der Waals surface area contributed by atoms with Gasteiger partial charge in [-0.05, 0) is 31.5 Å². The monoisotopic (exact) mass is 238 g/mol. The first-order chi connectivity index (χ1) is 7.68. The molecule has 0 aliphatic heterocycles. The Bertz CT molecular complexity index is 354. The fourth-order valence-corrected chi connectivity index (χ4v) is 2.72. The third-order valence-corrected chi connectivity index (χ3v) is 3.84. The van der Waals surface area contributed by atoms with Crippen molar-refractivity contribution >= 4 is 11.6 Å². The normalized spacial score (nSPS) is 25.2. The van der Waals surface area contributed by atoms with Crippen LogP contribution in [0.15, 0.2) is 24.3 Å². The Morgan fingerprint density at radius 3 is 2.75 bits per heavy atom. The molecule has 1 aromatic carbocycles. The Kier molecular flexibility index (Phi) is 3.85. The molecule has 88 valence electrons. The largest absolute Gasteiger partial charge is 0.326 e. The summed E-state index contributed by atoms with van der Waals surface area (Å²) in [6.45, 7) is 0.887. The fraction of sp³-hybridized carbons (Fsp3) is 0.538. The van der Waals surface area contributed by atoms with Gasteiger partial charge < -0.3 is 5.73 Å². The molecular weight excluding hydrogens is 220 g/mol. The minimum Gasteiger partial charge on any atom is -0.326 e. The summed E-state index contributed by atoms with van der Waals surface area (Å²) in [5.41, 5.74) is 7.28. The van der Waals surface area contributed by atoms with Gasteiger partial charge in [-0.25, -0.2) is 0 Å². The Hall–Kier alpha value is -0.570. The van der Waals surface area contributed by atoms with Gasteiger partial charge in [0.1, 0.15) is 0 Å². The van der Waals surface area contributed by atoms with Crippen LogP contribution in [0.5, 0.6) is 0 Å². The van der Waals surface area contributed by atoms with Crippen molar-refractivity contribution in [3.63, 3.8) is 0 Å². The van der Waals surface area contributed by atoms with Crippen LogP contribution < -0.4 is 5.73 Å². The number of rotatable bonds is 3. The molecule has 0 radical (unpaired) electrons. The van der Waals surface area contributed by atoms with Gasteiger partial charge in [-0.1, -0.05) is 36.2 Å². The van der Waals surface area contributed by atoms with Crippen LogP contribution in [0.25, 0.3) is 0 Å². The quantitative estimate of drug-likeness (QED) is 0.877. The Labute approximate surface area is 102 Å². The lowest BCUT2D eigenvalue weighted by atomic mass is 10.1. The molecule has 0 saturated heterocycles. The number of hydrogen-bond donors (Lipinski definition) is 1. The van der Waals surface area contributed by atoms with Gasteiger partial charge in [0.2, 0.25) is 0 Å². The van der Waals surface area contributed by atoms with Gasteiger partial charge in [-0.2, -0.15) is 0 Å². The standard InChI is InChI=1S/C13H19ClN2/c1-16(13-8-4-7-12(13)15)9-10-5-2-3-6-11(10)14/h2-3,5-6,12-13H,4,7-9,15H2,1H3. The van der Waals surface area contributed by atoms with Crippen LogP contribution in [0.3, 0.4) is 0 Å². The second-order valence-electron chi connectivity index (χ2n) is 4.67. The van der Waals surface area contributed by atoms with E-state index in [-0.39, 0.29) is 0 Å². The summed E-state index contributed by atoms with van der Waals surface area (Å²) in [6.07, 6.45) is 3.61. The lowest BCUT2D eigenvalue weighted by molar-refractivity contribution is 0.220. The lowest BCUT2D eigenvalue weighted by Crippen LogP contribution is -2.41. The Morgan fingerprint density at radius 2 is 2.12 bits per heavy atom. The first-order valence-electron chi connectivity index (χ1n) is 5.87. The van der Waals surface area contributed by atoms with Crippen molar-refractivity contribution in [2.45, 2.75) is 37.9 Å². The highest BCUT2D eigenvalue weighted by Gasteiger charge is 2.27. The smallest absolute Gasteiger partial charge is 0.0451 e. The fourth-order valence-electron chi connectivity index (χ4n) is 2.53. The summed E-state index contributed by atoms with van der Waals surface area (Å²) in [5, 5.41) is 0.848. The number of likely N-dealkylation sites (N-methyl/N-ethyl adjacent to an activating group) is 1. The maximum atomic E-state index is 6.15. The second-order valence-corrected chi connectivity index (χ2v) is 5.08. The number of benzene rings is 1. The van der Waals surface area contributed by atoms with Crippen LogP contribution in [0.2, 0.25) is 5.02 Å². The zero-order valence-electron chi connectivity index (χ0n) is 9.70. The van der Waals surface area contributed by atoms with Gasteiger partial charge in [0.15, 0.2) is 0 Å². The highest BCUT2D eigenvalue weighted by Crippen LogP contribution is 2.24. The summed E-state index contributed by atoms with van der Waals surface area (Å²) in [6, 6.07) is 8.86. The van der Waals surface area contributed by atoms with Gasteiger partial charge in [0.05, 0.1) is 0 Å². The molecule has 2 nitrogen and oxygen atoms in total. The van der Waals surface area contributed by atoms with Crippen LogP contribution in [0.4, 0.5) is 0 Å². The van der Waals surface area contributed by atoms with Crippen molar-refractivity contribution < 1.29 is 0 Å². The molecule has 1 aliphatic rings. The van der Waals surface area contributed by atoms with Crippen molar-refractivity contribution in [1.29, 1.82) is 0 Å². The molecule has 0 aromatic heterocycles. The summed E-state index contributed by atoms with van der Waals surface area (Å²) in [4.78, 5) is 2.33. The predicted octanol–water partition coefficient (Wildman–Crippen LogP) is 2.65. The molecule has 2 rings (SSSR count). The summed E-state index contributed by atoms with van der Waals surface area (Å²) >= 11 is 6.15. The van der Waals surface area contributed by atoms with Crippen LogP contribution in [0, 0.1) is 0 Å². The minimum absolute atomic E-state index is 0.326. The zero-order valence-corrected chi connectivity index (χ0v) is 10.5. The highest BCUT2D eigenvalue weighted by atomic mass is 35.5. The van der Waals surface area contributed by atoms with E-state index >= 15 is 0 Å². The molecule has 2 N–H and O–H groups in total. The Morgan fingerprint density at radius 1 is 1.38 bits per heavy atom. The van der Waals surface area contributed by atoms with Crippen LogP contribution in [-0.2, 0) is 6.54 Å². The van der Waals surface area contributed by atoms with E-state index in [1.54, 1.807) is 0 Å². The molecule has 16 heavy (non-hydrogen) atoms. The molecule has 1 aliphatic carbocycles. The van der Waals surface area contributed by atoms with Crippen molar-refractivity contribution in [3.8, 4) is 0 Å². The van der Waals surface area contributed by atoms with Crippen LogP contribution in [0.1, 0.15) is 24.8 Å².